The monoisotopic (exact) mass is 146 g/mol. The smallest absolute Gasteiger partial charge is 0.123 e. The van der Waals surface area contributed by atoms with E-state index in [-0.39, 0.29) is 0 Å². The molecule has 0 saturated carbocycles. The van der Waals surface area contributed by atoms with Crippen LogP contribution in [0.5, 0.6) is 0 Å². The number of rotatable bonds is 0. The predicted molar refractivity (Wildman–Crippen MR) is 45.0 cm³/mol. The van der Waals surface area contributed by atoms with Crippen molar-refractivity contribution in [2.24, 2.45) is 0 Å². The van der Waals surface area contributed by atoms with E-state index in [1.807, 2.05) is 6.08 Å². The van der Waals surface area contributed by atoms with Crippen LogP contribution in [0, 0.1) is 0 Å². The van der Waals surface area contributed by atoms with Gasteiger partial charge in [0.15, 0.2) is 0 Å². The Hall–Kier alpha value is -1.24. The number of hydrogen-bond acceptors (Lipinski definition) is 1. The van der Waals surface area contributed by atoms with Gasteiger partial charge in [0.2, 0.25) is 0 Å². The van der Waals surface area contributed by atoms with Gasteiger partial charge < -0.3 is 4.74 Å². The summed E-state index contributed by atoms with van der Waals surface area (Å²) >= 11 is 0. The summed E-state index contributed by atoms with van der Waals surface area (Å²) in [7, 11) is 0. The van der Waals surface area contributed by atoms with Crippen LogP contribution >= 0.6 is 0 Å². The average Bonchev–Trinajstić information content (AvgIpc) is 2.28. The zero-order chi connectivity index (χ0) is 7.52. The van der Waals surface area contributed by atoms with E-state index in [4.69, 9.17) is 4.74 Å². The third-order valence-corrected chi connectivity index (χ3v) is 1.77. The minimum absolute atomic E-state index is 0.711. The molecule has 1 heteroatoms. The van der Waals surface area contributed by atoms with Crippen molar-refractivity contribution in [3.8, 4) is 0 Å². The summed E-state index contributed by atoms with van der Waals surface area (Å²) in [6, 6.07) is 0. The number of fused-ring (bicyclic) bond motifs is 1. The van der Waals surface area contributed by atoms with Crippen LogP contribution in [-0.4, -0.2) is 6.61 Å². The van der Waals surface area contributed by atoms with Crippen molar-refractivity contribution in [2.75, 3.05) is 6.61 Å². The Balaban J connectivity index is 2.38. The maximum Gasteiger partial charge on any atom is 0.123 e. The third kappa shape index (κ3) is 1.27. The molecule has 11 heavy (non-hydrogen) atoms. The third-order valence-electron chi connectivity index (χ3n) is 1.77. The van der Waals surface area contributed by atoms with Crippen molar-refractivity contribution in [2.45, 2.75) is 6.42 Å². The molecule has 0 atom stereocenters. The molecule has 0 bridgehead atoms. The van der Waals surface area contributed by atoms with Crippen LogP contribution in [0.2, 0.25) is 0 Å². The quantitative estimate of drug-likeness (QED) is 0.509. The summed E-state index contributed by atoms with van der Waals surface area (Å²) in [5, 5.41) is 0. The minimum Gasteiger partial charge on any atom is -0.489 e. The van der Waals surface area contributed by atoms with Crippen LogP contribution in [0.4, 0.5) is 0 Å². The number of ether oxygens (including phenoxy) is 1. The molecule has 0 aromatic carbocycles. The molecule has 0 fully saturated rings. The lowest BCUT2D eigenvalue weighted by Crippen LogP contribution is -1.99. The summed E-state index contributed by atoms with van der Waals surface area (Å²) in [5.41, 5.74) is 1.19. The van der Waals surface area contributed by atoms with Crippen molar-refractivity contribution >= 4 is 0 Å². The molecule has 56 valence electrons. The topological polar surface area (TPSA) is 9.23 Å². The Bertz CT molecular complexity index is 267. The Labute approximate surface area is 66.4 Å². The fourth-order valence-electron chi connectivity index (χ4n) is 1.22. The van der Waals surface area contributed by atoms with E-state index in [1.165, 1.54) is 5.57 Å². The second-order valence-corrected chi connectivity index (χ2v) is 2.57. The van der Waals surface area contributed by atoms with Gasteiger partial charge >= 0.3 is 0 Å². The normalized spacial score (nSPS) is 21.1. The Kier molecular flexibility index (Phi) is 1.64. The van der Waals surface area contributed by atoms with Gasteiger partial charge in [0, 0.05) is 5.57 Å². The average molecular weight is 146 g/mol. The van der Waals surface area contributed by atoms with Crippen LogP contribution in [0.15, 0.2) is 47.8 Å². The molecule has 0 saturated heterocycles. The Morgan fingerprint density at radius 2 is 2.27 bits per heavy atom. The fraction of sp³-hybridized carbons (Fsp3) is 0.200. The Morgan fingerprint density at radius 3 is 3.27 bits per heavy atom. The van der Waals surface area contributed by atoms with Crippen LogP contribution in [0.3, 0.4) is 0 Å². The minimum atomic E-state index is 0.711. The molecule has 2 aliphatic rings. The first-order valence-electron chi connectivity index (χ1n) is 3.83. The predicted octanol–water partition coefficient (Wildman–Crippen LogP) is 2.34. The molecule has 1 nitrogen and oxygen atoms in total. The van der Waals surface area contributed by atoms with Crippen molar-refractivity contribution < 1.29 is 4.74 Å². The van der Waals surface area contributed by atoms with Gasteiger partial charge in [-0.3, -0.25) is 0 Å². The lowest BCUT2D eigenvalue weighted by molar-refractivity contribution is 0.251. The highest BCUT2D eigenvalue weighted by Crippen LogP contribution is 2.20. The van der Waals surface area contributed by atoms with Gasteiger partial charge in [-0.2, -0.15) is 0 Å². The second-order valence-electron chi connectivity index (χ2n) is 2.57. The van der Waals surface area contributed by atoms with E-state index < -0.39 is 0 Å². The van der Waals surface area contributed by atoms with E-state index in [0.717, 1.165) is 12.2 Å². The number of allylic oxidation sites excluding steroid dienone is 5. The van der Waals surface area contributed by atoms with Crippen molar-refractivity contribution in [1.82, 2.24) is 0 Å². The zero-order valence-corrected chi connectivity index (χ0v) is 6.29. The molecule has 1 aliphatic heterocycles. The summed E-state index contributed by atoms with van der Waals surface area (Å²) in [4.78, 5) is 0. The van der Waals surface area contributed by atoms with Crippen molar-refractivity contribution in [3.05, 3.63) is 47.8 Å². The van der Waals surface area contributed by atoms with Crippen LogP contribution < -0.4 is 0 Å². The number of hydrogen-bond donors (Lipinski definition) is 0. The maximum absolute atomic E-state index is 5.43. The maximum atomic E-state index is 5.43. The lowest BCUT2D eigenvalue weighted by Gasteiger charge is -2.12. The van der Waals surface area contributed by atoms with Gasteiger partial charge in [0.1, 0.15) is 12.4 Å². The molecule has 0 aromatic heterocycles. The molecule has 1 heterocycles. The summed E-state index contributed by atoms with van der Waals surface area (Å²) in [5.74, 6) is 1.03. The van der Waals surface area contributed by atoms with E-state index in [2.05, 4.69) is 30.4 Å². The molecular formula is C10H10O. The van der Waals surface area contributed by atoms with Crippen molar-refractivity contribution in [3.63, 3.8) is 0 Å². The standard InChI is InChI=1S/C10H10O/c1-2-5-9-6-4-8-11-10(9)7-3-1/h1-2,4-7H,3,8H2. The molecule has 2 rings (SSSR count). The first kappa shape index (κ1) is 6.47. The second kappa shape index (κ2) is 2.79. The van der Waals surface area contributed by atoms with Gasteiger partial charge in [-0.05, 0) is 18.6 Å². The summed E-state index contributed by atoms with van der Waals surface area (Å²) in [6.07, 6.45) is 13.5. The van der Waals surface area contributed by atoms with Crippen LogP contribution in [-0.2, 0) is 4.74 Å². The first-order chi connectivity index (χ1) is 5.47. The highest BCUT2D eigenvalue weighted by atomic mass is 16.5. The van der Waals surface area contributed by atoms with Crippen LogP contribution in [0.1, 0.15) is 6.42 Å². The van der Waals surface area contributed by atoms with Crippen molar-refractivity contribution in [1.29, 1.82) is 0 Å². The fourth-order valence-corrected chi connectivity index (χ4v) is 1.22. The van der Waals surface area contributed by atoms with E-state index >= 15 is 0 Å². The molecular weight excluding hydrogens is 136 g/mol. The van der Waals surface area contributed by atoms with Gasteiger partial charge in [-0.1, -0.05) is 24.3 Å². The summed E-state index contributed by atoms with van der Waals surface area (Å²) < 4.78 is 5.43. The molecule has 1 aliphatic carbocycles. The van der Waals surface area contributed by atoms with Gasteiger partial charge in [-0.25, -0.2) is 0 Å². The largest absolute Gasteiger partial charge is 0.489 e. The van der Waals surface area contributed by atoms with E-state index in [9.17, 15) is 0 Å². The van der Waals surface area contributed by atoms with Gasteiger partial charge in [0.25, 0.3) is 0 Å². The van der Waals surface area contributed by atoms with Crippen LogP contribution in [0.25, 0.3) is 0 Å². The van der Waals surface area contributed by atoms with Gasteiger partial charge in [0.05, 0.1) is 0 Å². The molecule has 0 aromatic rings. The molecule has 0 radical (unpaired) electrons. The molecule has 0 unspecified atom stereocenters. The summed E-state index contributed by atoms with van der Waals surface area (Å²) in [6.45, 7) is 0.711. The molecule has 0 N–H and O–H groups in total. The van der Waals surface area contributed by atoms with E-state index in [1.54, 1.807) is 0 Å². The SMILES string of the molecule is C1=CCC=C2OCC=CC2=C1. The van der Waals surface area contributed by atoms with E-state index in [0.29, 0.717) is 6.61 Å². The Morgan fingerprint density at radius 1 is 1.27 bits per heavy atom. The molecule has 0 spiro atoms. The zero-order valence-electron chi connectivity index (χ0n) is 6.29. The first-order valence-corrected chi connectivity index (χ1v) is 3.83. The highest BCUT2D eigenvalue weighted by molar-refractivity contribution is 5.42. The lowest BCUT2D eigenvalue weighted by atomic mass is 10.1. The molecule has 0 amide bonds. The van der Waals surface area contributed by atoms with Gasteiger partial charge in [-0.15, -0.1) is 0 Å². The highest BCUT2D eigenvalue weighted by Gasteiger charge is 2.06.